The summed E-state index contributed by atoms with van der Waals surface area (Å²) in [7, 11) is 0. The van der Waals surface area contributed by atoms with Crippen molar-refractivity contribution in [1.82, 2.24) is 4.90 Å². The van der Waals surface area contributed by atoms with Gasteiger partial charge in [0.2, 0.25) is 5.91 Å². The molecule has 1 heterocycles. The molecule has 1 atom stereocenters. The van der Waals surface area contributed by atoms with Crippen LogP contribution in [-0.2, 0) is 16.0 Å². The first-order valence-corrected chi connectivity index (χ1v) is 12.0. The molecule has 0 saturated carbocycles. The van der Waals surface area contributed by atoms with Gasteiger partial charge in [-0.3, -0.25) is 9.59 Å². The number of carbonyl (C=O) groups is 2. The van der Waals surface area contributed by atoms with Gasteiger partial charge in [-0.25, -0.2) is 4.39 Å². The molecule has 1 aliphatic heterocycles. The van der Waals surface area contributed by atoms with Crippen molar-refractivity contribution in [2.24, 2.45) is 5.92 Å². The van der Waals surface area contributed by atoms with E-state index in [1.54, 1.807) is 6.07 Å². The third kappa shape index (κ3) is 6.07. The summed E-state index contributed by atoms with van der Waals surface area (Å²) >= 11 is 0. The van der Waals surface area contributed by atoms with E-state index in [0.717, 1.165) is 22.3 Å². The summed E-state index contributed by atoms with van der Waals surface area (Å²) < 4.78 is 20.0. The van der Waals surface area contributed by atoms with Crippen LogP contribution in [0.2, 0.25) is 0 Å². The molecule has 1 unspecified atom stereocenters. The largest absolute Gasteiger partial charge is 0.484 e. The van der Waals surface area contributed by atoms with Crippen molar-refractivity contribution in [2.75, 3.05) is 18.5 Å². The van der Waals surface area contributed by atoms with Crippen LogP contribution in [0.15, 0.2) is 66.7 Å². The van der Waals surface area contributed by atoms with Crippen LogP contribution in [0.25, 0.3) is 0 Å². The number of rotatable bonds is 7. The van der Waals surface area contributed by atoms with E-state index in [2.05, 4.69) is 5.32 Å². The lowest BCUT2D eigenvalue weighted by molar-refractivity contribution is -0.134. The third-order valence-corrected chi connectivity index (χ3v) is 6.12. The number of fused-ring (bicyclic) bond motifs is 1. The van der Waals surface area contributed by atoms with E-state index in [-0.39, 0.29) is 30.2 Å². The fourth-order valence-corrected chi connectivity index (χ4v) is 4.44. The Balaban J connectivity index is 1.57. The molecule has 0 spiro atoms. The number of amides is 2. The van der Waals surface area contributed by atoms with Crippen molar-refractivity contribution in [3.63, 3.8) is 0 Å². The first-order valence-electron chi connectivity index (χ1n) is 12.0. The molecule has 0 saturated heterocycles. The van der Waals surface area contributed by atoms with Gasteiger partial charge in [0.25, 0.3) is 5.91 Å². The summed E-state index contributed by atoms with van der Waals surface area (Å²) in [4.78, 5) is 27.4. The highest BCUT2D eigenvalue weighted by Gasteiger charge is 2.32. The van der Waals surface area contributed by atoms with Gasteiger partial charge in [0.15, 0.2) is 6.61 Å². The number of hydrogen-bond donors (Lipinski definition) is 1. The Morgan fingerprint density at radius 2 is 1.86 bits per heavy atom. The van der Waals surface area contributed by atoms with Crippen LogP contribution < -0.4 is 10.1 Å². The minimum atomic E-state index is -0.411. The molecule has 1 N–H and O–H groups in total. The van der Waals surface area contributed by atoms with Crippen molar-refractivity contribution in [2.45, 2.75) is 39.7 Å². The third-order valence-electron chi connectivity index (χ3n) is 6.12. The van der Waals surface area contributed by atoms with Gasteiger partial charge in [-0.2, -0.15) is 0 Å². The van der Waals surface area contributed by atoms with E-state index in [4.69, 9.17) is 4.74 Å². The second kappa shape index (κ2) is 10.7. The van der Waals surface area contributed by atoms with Gasteiger partial charge in [-0.1, -0.05) is 49.7 Å². The topological polar surface area (TPSA) is 58.6 Å². The number of halogens is 1. The number of benzene rings is 3. The van der Waals surface area contributed by atoms with E-state index in [9.17, 15) is 14.0 Å². The lowest BCUT2D eigenvalue weighted by Crippen LogP contribution is -2.41. The Bertz CT molecular complexity index is 1210. The summed E-state index contributed by atoms with van der Waals surface area (Å²) in [5.41, 5.74) is 4.53. The molecule has 0 radical (unpaired) electrons. The molecule has 0 bridgehead atoms. The van der Waals surface area contributed by atoms with Crippen LogP contribution in [0, 0.1) is 18.7 Å². The van der Waals surface area contributed by atoms with E-state index in [0.29, 0.717) is 30.8 Å². The first kappa shape index (κ1) is 24.5. The predicted octanol–water partition coefficient (Wildman–Crippen LogP) is 5.67. The second-order valence-electron chi connectivity index (χ2n) is 9.46. The maximum Gasteiger partial charge on any atom is 0.262 e. The standard InChI is InChI=1S/C29H31FN2O3/c1-19(2)15-28(34)32-14-13-21-9-12-25(17-26(21)29(32)22-5-4-6-23(30)16-22)35-18-27(33)31-24-10-7-20(3)8-11-24/h4-12,16-17,19,29H,13-15,18H2,1-3H3,(H,31,33). The lowest BCUT2D eigenvalue weighted by Gasteiger charge is -2.38. The number of anilines is 1. The van der Waals surface area contributed by atoms with Crippen LogP contribution >= 0.6 is 0 Å². The lowest BCUT2D eigenvalue weighted by atomic mass is 9.87. The quantitative estimate of drug-likeness (QED) is 0.480. The molecular weight excluding hydrogens is 443 g/mol. The molecular formula is C29H31FN2O3. The zero-order valence-corrected chi connectivity index (χ0v) is 20.4. The molecule has 0 aromatic heterocycles. The van der Waals surface area contributed by atoms with Gasteiger partial charge >= 0.3 is 0 Å². The molecule has 35 heavy (non-hydrogen) atoms. The molecule has 1 aliphatic rings. The number of nitrogens with zero attached hydrogens (tertiary/aromatic N) is 1. The van der Waals surface area contributed by atoms with Crippen LogP contribution in [0.5, 0.6) is 5.75 Å². The molecule has 3 aromatic carbocycles. The van der Waals surface area contributed by atoms with Crippen molar-refractivity contribution >= 4 is 17.5 Å². The van der Waals surface area contributed by atoms with Crippen LogP contribution in [-0.4, -0.2) is 29.9 Å². The van der Waals surface area contributed by atoms with Crippen molar-refractivity contribution in [3.8, 4) is 5.75 Å². The maximum atomic E-state index is 14.2. The fourth-order valence-electron chi connectivity index (χ4n) is 4.44. The minimum Gasteiger partial charge on any atom is -0.484 e. The van der Waals surface area contributed by atoms with Gasteiger partial charge in [0.1, 0.15) is 11.6 Å². The maximum absolute atomic E-state index is 14.2. The number of aryl methyl sites for hydroxylation is 1. The zero-order chi connectivity index (χ0) is 24.9. The predicted molar refractivity (Wildman–Crippen MR) is 135 cm³/mol. The van der Waals surface area contributed by atoms with E-state index in [1.807, 2.05) is 74.2 Å². The van der Waals surface area contributed by atoms with Crippen molar-refractivity contribution in [1.29, 1.82) is 0 Å². The monoisotopic (exact) mass is 474 g/mol. The Morgan fingerprint density at radius 3 is 2.57 bits per heavy atom. The van der Waals surface area contributed by atoms with Crippen LogP contribution in [0.4, 0.5) is 10.1 Å². The average molecular weight is 475 g/mol. The normalized spacial score (nSPS) is 15.0. The summed E-state index contributed by atoms with van der Waals surface area (Å²) in [6.45, 7) is 6.44. The van der Waals surface area contributed by atoms with Gasteiger partial charge in [0.05, 0.1) is 6.04 Å². The fraction of sp³-hybridized carbons (Fsp3) is 0.310. The number of carbonyl (C=O) groups excluding carboxylic acids is 2. The highest BCUT2D eigenvalue weighted by molar-refractivity contribution is 5.91. The van der Waals surface area contributed by atoms with E-state index < -0.39 is 6.04 Å². The summed E-state index contributed by atoms with van der Waals surface area (Å²) in [5.74, 6) is 0.192. The van der Waals surface area contributed by atoms with Crippen LogP contribution in [0.1, 0.15) is 48.6 Å². The van der Waals surface area contributed by atoms with Crippen molar-refractivity contribution < 1.29 is 18.7 Å². The molecule has 6 heteroatoms. The number of nitrogens with one attached hydrogen (secondary N) is 1. The van der Waals surface area contributed by atoms with Gasteiger partial charge in [-0.15, -0.1) is 0 Å². The number of ether oxygens (including phenoxy) is 1. The first-order chi connectivity index (χ1) is 16.8. The highest BCUT2D eigenvalue weighted by atomic mass is 19.1. The van der Waals surface area contributed by atoms with E-state index >= 15 is 0 Å². The Hall–Kier alpha value is -3.67. The van der Waals surface area contributed by atoms with Gasteiger partial charge < -0.3 is 15.0 Å². The SMILES string of the molecule is Cc1ccc(NC(=O)COc2ccc3c(c2)C(c2cccc(F)c2)N(C(=O)CC(C)C)CC3)cc1. The summed E-state index contributed by atoms with van der Waals surface area (Å²) in [6.07, 6.45) is 1.13. The van der Waals surface area contributed by atoms with Gasteiger partial charge in [0, 0.05) is 18.7 Å². The molecule has 5 nitrogen and oxygen atoms in total. The number of hydrogen-bond acceptors (Lipinski definition) is 3. The Kier molecular flexibility index (Phi) is 7.49. The molecule has 4 rings (SSSR count). The molecule has 0 aliphatic carbocycles. The van der Waals surface area contributed by atoms with Gasteiger partial charge in [-0.05, 0) is 72.4 Å². The Labute approximate surface area is 205 Å². The smallest absolute Gasteiger partial charge is 0.262 e. The zero-order valence-electron chi connectivity index (χ0n) is 20.4. The van der Waals surface area contributed by atoms with Crippen molar-refractivity contribution in [3.05, 3.63) is 94.8 Å². The molecule has 3 aromatic rings. The average Bonchev–Trinajstić information content (AvgIpc) is 2.83. The summed E-state index contributed by atoms with van der Waals surface area (Å²) in [6, 6.07) is 19.2. The Morgan fingerprint density at radius 1 is 1.09 bits per heavy atom. The summed E-state index contributed by atoms with van der Waals surface area (Å²) in [5, 5.41) is 2.82. The molecule has 182 valence electrons. The minimum absolute atomic E-state index is 0.0451. The molecule has 0 fully saturated rings. The van der Waals surface area contributed by atoms with Crippen LogP contribution in [0.3, 0.4) is 0 Å². The highest BCUT2D eigenvalue weighted by Crippen LogP contribution is 2.38. The molecule has 2 amide bonds. The van der Waals surface area contributed by atoms with E-state index in [1.165, 1.54) is 12.1 Å². The second-order valence-corrected chi connectivity index (χ2v) is 9.46.